The smallest absolute Gasteiger partial charge is 0.270 e. The fourth-order valence-electron chi connectivity index (χ4n) is 2.91. The third-order valence-electron chi connectivity index (χ3n) is 4.17. The summed E-state index contributed by atoms with van der Waals surface area (Å²) in [6.45, 7) is 0. The van der Waals surface area contributed by atoms with Gasteiger partial charge in [-0.25, -0.2) is 4.98 Å². The minimum atomic E-state index is -0.285. The van der Waals surface area contributed by atoms with Gasteiger partial charge in [-0.15, -0.1) is 0 Å². The normalized spacial score (nSPS) is 12.0. The van der Waals surface area contributed by atoms with E-state index in [2.05, 4.69) is 31.2 Å². The number of nitrogens with one attached hydrogen (secondary N) is 1. The van der Waals surface area contributed by atoms with Crippen LogP contribution in [0.5, 0.6) is 0 Å². The van der Waals surface area contributed by atoms with E-state index in [9.17, 15) is 4.79 Å². The molecule has 4 rings (SSSR count). The van der Waals surface area contributed by atoms with Crippen molar-refractivity contribution < 1.29 is 4.79 Å². The second-order valence-corrected chi connectivity index (χ2v) is 6.64. The van der Waals surface area contributed by atoms with Crippen molar-refractivity contribution in [1.29, 1.82) is 0 Å². The van der Waals surface area contributed by atoms with Crippen LogP contribution in [0.4, 0.5) is 0 Å². The highest BCUT2D eigenvalue weighted by Crippen LogP contribution is 2.28. The molecule has 1 unspecified atom stereocenters. The summed E-state index contributed by atoms with van der Waals surface area (Å²) >= 11 is 3.60. The summed E-state index contributed by atoms with van der Waals surface area (Å²) < 4.78 is 2.67. The maximum Gasteiger partial charge on any atom is 0.270 e. The highest BCUT2D eigenvalue weighted by Gasteiger charge is 2.21. The molecule has 26 heavy (non-hydrogen) atoms. The number of rotatable bonds is 4. The fourth-order valence-corrected chi connectivity index (χ4v) is 3.42. The van der Waals surface area contributed by atoms with E-state index in [-0.39, 0.29) is 11.9 Å². The lowest BCUT2D eigenvalue weighted by molar-refractivity contribution is 0.0937. The number of imidazole rings is 1. The number of halogens is 1. The zero-order valence-electron chi connectivity index (χ0n) is 13.7. The largest absolute Gasteiger partial charge is 0.340 e. The van der Waals surface area contributed by atoms with Gasteiger partial charge in [-0.3, -0.25) is 14.2 Å². The molecule has 0 spiro atoms. The maximum atomic E-state index is 13.0. The van der Waals surface area contributed by atoms with Gasteiger partial charge in [0.2, 0.25) is 0 Å². The second kappa shape index (κ2) is 7.09. The van der Waals surface area contributed by atoms with Crippen LogP contribution in [-0.4, -0.2) is 20.3 Å². The first-order chi connectivity index (χ1) is 12.7. The summed E-state index contributed by atoms with van der Waals surface area (Å²) in [5.41, 5.74) is 3.09. The van der Waals surface area contributed by atoms with Crippen LogP contribution in [0.2, 0.25) is 0 Å². The predicted octanol–water partition coefficient (Wildman–Crippen LogP) is 4.01. The third kappa shape index (κ3) is 3.11. The van der Waals surface area contributed by atoms with Crippen molar-refractivity contribution in [1.82, 2.24) is 19.7 Å². The fraction of sp³-hybridized carbons (Fsp3) is 0.0500. The molecule has 5 nitrogen and oxygen atoms in total. The third-order valence-corrected chi connectivity index (χ3v) is 4.90. The van der Waals surface area contributed by atoms with Crippen LogP contribution in [0.25, 0.3) is 5.65 Å². The molecule has 0 radical (unpaired) electrons. The van der Waals surface area contributed by atoms with Crippen LogP contribution >= 0.6 is 15.9 Å². The molecule has 1 amide bonds. The number of fused-ring (bicyclic) bond motifs is 1. The summed E-state index contributed by atoms with van der Waals surface area (Å²) in [4.78, 5) is 21.3. The Morgan fingerprint density at radius 3 is 2.62 bits per heavy atom. The van der Waals surface area contributed by atoms with Crippen LogP contribution in [-0.2, 0) is 0 Å². The van der Waals surface area contributed by atoms with Crippen LogP contribution in [0.3, 0.4) is 0 Å². The molecule has 128 valence electrons. The number of carbonyl (C=O) groups excluding carboxylic acids is 1. The first kappa shape index (κ1) is 16.5. The minimum absolute atomic E-state index is 0.201. The van der Waals surface area contributed by atoms with Gasteiger partial charge in [0.25, 0.3) is 5.91 Å². The maximum absolute atomic E-state index is 13.0. The lowest BCUT2D eigenvalue weighted by Crippen LogP contribution is -2.30. The highest BCUT2D eigenvalue weighted by atomic mass is 79.9. The van der Waals surface area contributed by atoms with Crippen LogP contribution in [0, 0.1) is 0 Å². The van der Waals surface area contributed by atoms with Gasteiger partial charge in [-0.2, -0.15) is 0 Å². The van der Waals surface area contributed by atoms with Gasteiger partial charge in [-0.05, 0) is 17.2 Å². The Labute approximate surface area is 158 Å². The molecule has 0 saturated heterocycles. The summed E-state index contributed by atoms with van der Waals surface area (Å²) in [7, 11) is 0. The monoisotopic (exact) mass is 406 g/mol. The molecule has 2 aromatic carbocycles. The number of benzene rings is 2. The quantitative estimate of drug-likeness (QED) is 0.556. The Morgan fingerprint density at radius 2 is 1.81 bits per heavy atom. The summed E-state index contributed by atoms with van der Waals surface area (Å²) in [6, 6.07) is 17.5. The molecule has 0 fully saturated rings. The van der Waals surface area contributed by atoms with Gasteiger partial charge in [0.15, 0.2) is 5.65 Å². The van der Waals surface area contributed by atoms with Crippen molar-refractivity contribution in [2.75, 3.05) is 0 Å². The molecule has 4 aromatic rings. The first-order valence-corrected chi connectivity index (χ1v) is 8.90. The molecule has 0 aliphatic heterocycles. The van der Waals surface area contributed by atoms with Crippen LogP contribution in [0.15, 0.2) is 83.9 Å². The zero-order chi connectivity index (χ0) is 17.9. The van der Waals surface area contributed by atoms with Gasteiger partial charge < -0.3 is 5.32 Å². The van der Waals surface area contributed by atoms with Gasteiger partial charge in [0.05, 0.1) is 18.4 Å². The summed E-state index contributed by atoms with van der Waals surface area (Å²) in [5, 5.41) is 3.13. The molecule has 1 atom stereocenters. The Bertz CT molecular complexity index is 1060. The number of hydrogen-bond acceptors (Lipinski definition) is 3. The van der Waals surface area contributed by atoms with Gasteiger partial charge >= 0.3 is 0 Å². The van der Waals surface area contributed by atoms with Crippen molar-refractivity contribution in [3.8, 4) is 0 Å². The predicted molar refractivity (Wildman–Crippen MR) is 103 cm³/mol. The molecular formula is C20H15BrN4O. The first-order valence-electron chi connectivity index (χ1n) is 8.11. The van der Waals surface area contributed by atoms with Gasteiger partial charge in [0, 0.05) is 16.9 Å². The Morgan fingerprint density at radius 1 is 1.04 bits per heavy atom. The molecule has 2 aromatic heterocycles. The number of aromatic nitrogens is 3. The topological polar surface area (TPSA) is 59.3 Å². The van der Waals surface area contributed by atoms with Crippen molar-refractivity contribution in [3.63, 3.8) is 0 Å². The summed E-state index contributed by atoms with van der Waals surface area (Å²) in [5.74, 6) is -0.201. The Hall–Kier alpha value is -2.99. The average molecular weight is 407 g/mol. The number of amides is 1. The van der Waals surface area contributed by atoms with Crippen LogP contribution in [0.1, 0.15) is 27.7 Å². The van der Waals surface area contributed by atoms with E-state index in [1.807, 2.05) is 54.6 Å². The molecule has 0 bridgehead atoms. The SMILES string of the molecule is O=C(NC(c1ccccc1)c1ccccc1Br)c1cnc2cnccn12. The van der Waals surface area contributed by atoms with Crippen molar-refractivity contribution in [2.24, 2.45) is 0 Å². The van der Waals surface area contributed by atoms with E-state index in [1.54, 1.807) is 29.2 Å². The molecule has 6 heteroatoms. The van der Waals surface area contributed by atoms with E-state index in [1.165, 1.54) is 0 Å². The standard InChI is InChI=1S/C20H15BrN4O/c21-16-9-5-4-8-15(16)19(14-6-2-1-3-7-14)24-20(26)17-12-23-18-13-22-10-11-25(17)18/h1-13,19H,(H,24,26). The Kier molecular flexibility index (Phi) is 4.50. The molecular weight excluding hydrogens is 392 g/mol. The van der Waals surface area contributed by atoms with Crippen molar-refractivity contribution in [2.45, 2.75) is 6.04 Å². The second-order valence-electron chi connectivity index (χ2n) is 5.79. The van der Waals surface area contributed by atoms with Gasteiger partial charge in [0.1, 0.15) is 5.69 Å². The van der Waals surface area contributed by atoms with Crippen molar-refractivity contribution >= 4 is 27.5 Å². The highest BCUT2D eigenvalue weighted by molar-refractivity contribution is 9.10. The number of nitrogens with zero attached hydrogens (tertiary/aromatic N) is 3. The minimum Gasteiger partial charge on any atom is -0.340 e. The lowest BCUT2D eigenvalue weighted by Gasteiger charge is -2.21. The number of hydrogen-bond donors (Lipinski definition) is 1. The van der Waals surface area contributed by atoms with Crippen LogP contribution < -0.4 is 5.32 Å². The van der Waals surface area contributed by atoms with Crippen molar-refractivity contribution in [3.05, 3.63) is 101 Å². The lowest BCUT2D eigenvalue weighted by atomic mass is 9.98. The molecule has 0 aliphatic carbocycles. The molecule has 2 heterocycles. The Balaban J connectivity index is 1.73. The molecule has 0 aliphatic rings. The van der Waals surface area contributed by atoms with E-state index < -0.39 is 0 Å². The molecule has 0 saturated carbocycles. The van der Waals surface area contributed by atoms with E-state index in [4.69, 9.17) is 0 Å². The average Bonchev–Trinajstić information content (AvgIpc) is 3.12. The zero-order valence-corrected chi connectivity index (χ0v) is 15.3. The van der Waals surface area contributed by atoms with E-state index in [0.717, 1.165) is 15.6 Å². The van der Waals surface area contributed by atoms with Gasteiger partial charge in [-0.1, -0.05) is 64.5 Å². The summed E-state index contributed by atoms with van der Waals surface area (Å²) in [6.07, 6.45) is 6.55. The molecule has 1 N–H and O–H groups in total. The number of carbonyl (C=O) groups is 1. The van der Waals surface area contributed by atoms with E-state index in [0.29, 0.717) is 11.3 Å². The van der Waals surface area contributed by atoms with E-state index >= 15 is 0 Å².